The van der Waals surface area contributed by atoms with Gasteiger partial charge in [0.2, 0.25) is 0 Å². The molecular formula is C79H85N3. The maximum atomic E-state index is 5.33. The summed E-state index contributed by atoms with van der Waals surface area (Å²) in [6.45, 7) is 38.5. The van der Waals surface area contributed by atoms with Crippen LogP contribution < -0.4 is 0 Å². The highest BCUT2D eigenvalue weighted by molar-refractivity contribution is 5.86. The van der Waals surface area contributed by atoms with Gasteiger partial charge in [-0.05, 0) is 233 Å². The molecule has 10 aromatic rings. The molecule has 0 fully saturated rings. The second-order valence-corrected chi connectivity index (χ2v) is 27.4. The van der Waals surface area contributed by atoms with Gasteiger partial charge in [-0.15, -0.1) is 0 Å². The molecule has 3 nitrogen and oxygen atoms in total. The van der Waals surface area contributed by atoms with Crippen LogP contribution in [0.3, 0.4) is 0 Å². The number of benzene rings is 9. The van der Waals surface area contributed by atoms with Crippen molar-refractivity contribution in [2.24, 2.45) is 0 Å². The first-order valence-corrected chi connectivity index (χ1v) is 29.8. The smallest absolute Gasteiger partial charge is 0.163 e. The van der Waals surface area contributed by atoms with Crippen molar-refractivity contribution >= 4 is 0 Å². The van der Waals surface area contributed by atoms with E-state index in [0.29, 0.717) is 0 Å². The normalized spacial score (nSPS) is 12.3. The molecule has 0 aliphatic carbocycles. The summed E-state index contributed by atoms with van der Waals surface area (Å²) in [6, 6.07) is 69.2. The molecule has 0 aliphatic heterocycles. The Labute approximate surface area is 491 Å². The summed E-state index contributed by atoms with van der Waals surface area (Å²) in [5.74, 6) is 1.71. The van der Waals surface area contributed by atoms with Crippen molar-refractivity contribution in [2.45, 2.75) is 152 Å². The van der Waals surface area contributed by atoms with Gasteiger partial charge in [0.1, 0.15) is 0 Å². The van der Waals surface area contributed by atoms with E-state index in [1.54, 1.807) is 0 Å². The van der Waals surface area contributed by atoms with Crippen molar-refractivity contribution in [3.8, 4) is 95.0 Å². The topological polar surface area (TPSA) is 30.7 Å². The fourth-order valence-electron chi connectivity index (χ4n) is 11.8. The molecule has 10 rings (SSSR count). The van der Waals surface area contributed by atoms with Crippen LogP contribution in [0.1, 0.15) is 147 Å². The zero-order chi connectivity index (χ0) is 58.6. The Kier molecular flexibility index (Phi) is 15.5. The summed E-state index contributed by atoms with van der Waals surface area (Å²) in [5.41, 5.74) is 29.4. The van der Waals surface area contributed by atoms with Crippen molar-refractivity contribution in [1.29, 1.82) is 0 Å². The lowest BCUT2D eigenvalue weighted by Crippen LogP contribution is -2.10. The molecule has 0 N–H and O–H groups in total. The Morgan fingerprint density at radius 1 is 0.317 bits per heavy atom. The third-order valence-corrected chi connectivity index (χ3v) is 16.6. The van der Waals surface area contributed by atoms with Crippen molar-refractivity contribution in [2.75, 3.05) is 0 Å². The molecule has 0 unspecified atom stereocenters. The maximum absolute atomic E-state index is 5.33. The summed E-state index contributed by atoms with van der Waals surface area (Å²) < 4.78 is 2.12. The zero-order valence-electron chi connectivity index (χ0n) is 52.1. The minimum Gasteiger partial charge on any atom is -0.212 e. The second-order valence-electron chi connectivity index (χ2n) is 27.4. The van der Waals surface area contributed by atoms with Crippen LogP contribution in [0.5, 0.6) is 0 Å². The van der Waals surface area contributed by atoms with Gasteiger partial charge >= 0.3 is 0 Å². The number of hydrogen-bond acceptors (Lipinski definition) is 2. The van der Waals surface area contributed by atoms with E-state index < -0.39 is 0 Å². The van der Waals surface area contributed by atoms with Gasteiger partial charge in [-0.2, -0.15) is 5.10 Å². The highest BCUT2D eigenvalue weighted by Crippen LogP contribution is 2.41. The van der Waals surface area contributed by atoms with Crippen LogP contribution in [0, 0.1) is 27.7 Å². The fraction of sp³-hybridized carbons (Fsp3) is 0.291. The molecule has 0 spiro atoms. The van der Waals surface area contributed by atoms with Gasteiger partial charge in [-0.3, -0.25) is 0 Å². The van der Waals surface area contributed by atoms with E-state index in [1.807, 2.05) is 0 Å². The van der Waals surface area contributed by atoms with Crippen LogP contribution in [0.4, 0.5) is 0 Å². The standard InChI is InChI=1S/C79H85N3/c1-18-20-72-80-75(82(81-72)74-52(4)41-61(42-53(74)5)67-48-64(56-27-35-70(36-28-56)78(12,13)14)45-65(49-67)57-29-37-71(38-30-57)79(15,16)17)59-22-19-21-58(43-59)73-50(2)39-60(40-51(73)3)66-46-62(54-23-31-68(32-24-54)76(6,7)8)44-63(47-66)55-25-33-69(34-26-55)77(9,10)11/h19,21-49H,18,20H2,1-17H3. The van der Waals surface area contributed by atoms with Gasteiger partial charge in [0.05, 0.1) is 5.69 Å². The average Bonchev–Trinajstić information content (AvgIpc) is 4.05. The first-order valence-electron chi connectivity index (χ1n) is 29.8. The number of nitrogens with zero attached hydrogens (tertiary/aromatic N) is 3. The van der Waals surface area contributed by atoms with Crippen LogP contribution >= 0.6 is 0 Å². The largest absolute Gasteiger partial charge is 0.212 e. The van der Waals surface area contributed by atoms with Crippen molar-refractivity contribution in [3.63, 3.8) is 0 Å². The van der Waals surface area contributed by atoms with E-state index in [1.165, 1.54) is 111 Å². The molecule has 416 valence electrons. The van der Waals surface area contributed by atoms with Gasteiger partial charge in [-0.25, -0.2) is 9.67 Å². The predicted molar refractivity (Wildman–Crippen MR) is 353 cm³/mol. The van der Waals surface area contributed by atoms with Gasteiger partial charge in [0, 0.05) is 12.0 Å². The average molecular weight is 1080 g/mol. The van der Waals surface area contributed by atoms with Crippen LogP contribution in [0.2, 0.25) is 0 Å². The molecule has 0 saturated heterocycles. The van der Waals surface area contributed by atoms with Gasteiger partial charge in [0.25, 0.3) is 0 Å². The molecular weight excluding hydrogens is 991 g/mol. The van der Waals surface area contributed by atoms with E-state index in [2.05, 4.69) is 304 Å². The lowest BCUT2D eigenvalue weighted by Gasteiger charge is -2.20. The van der Waals surface area contributed by atoms with E-state index in [-0.39, 0.29) is 21.7 Å². The molecule has 3 heteroatoms. The second kappa shape index (κ2) is 22.1. The van der Waals surface area contributed by atoms with E-state index >= 15 is 0 Å². The summed E-state index contributed by atoms with van der Waals surface area (Å²) in [6.07, 6.45) is 1.75. The van der Waals surface area contributed by atoms with Crippen LogP contribution in [0.25, 0.3) is 95.0 Å². The predicted octanol–water partition coefficient (Wildman–Crippen LogP) is 22.0. The molecule has 1 aromatic heterocycles. The van der Waals surface area contributed by atoms with E-state index in [4.69, 9.17) is 10.1 Å². The Bertz CT molecular complexity index is 3750. The zero-order valence-corrected chi connectivity index (χ0v) is 52.1. The Morgan fingerprint density at radius 3 is 0.915 bits per heavy atom. The summed E-state index contributed by atoms with van der Waals surface area (Å²) in [4.78, 5) is 5.33. The van der Waals surface area contributed by atoms with E-state index in [0.717, 1.165) is 46.9 Å². The highest BCUT2D eigenvalue weighted by atomic mass is 15.4. The molecule has 9 aromatic carbocycles. The number of rotatable bonds is 11. The summed E-state index contributed by atoms with van der Waals surface area (Å²) in [5, 5.41) is 5.30. The SMILES string of the molecule is CCCc1nc(-c2cccc(-c3c(C)cc(-c4cc(-c5ccc(C(C)(C)C)cc5)cc(-c5ccc(C(C)(C)C)cc5)c4)cc3C)c2)n(-c2c(C)cc(-c3cc(-c4ccc(C(C)(C)C)cc4)cc(-c4ccc(C(C)(C)C)cc4)c3)cc2C)n1. The highest BCUT2D eigenvalue weighted by Gasteiger charge is 2.23. The summed E-state index contributed by atoms with van der Waals surface area (Å²) >= 11 is 0. The van der Waals surface area contributed by atoms with Gasteiger partial charge in [0.15, 0.2) is 11.6 Å². The first-order chi connectivity index (χ1) is 38.7. The summed E-state index contributed by atoms with van der Waals surface area (Å²) in [7, 11) is 0. The molecule has 1 heterocycles. The van der Waals surface area contributed by atoms with Crippen LogP contribution in [-0.2, 0) is 28.1 Å². The molecule has 0 aliphatic rings. The number of aryl methyl sites for hydroxylation is 5. The van der Waals surface area contributed by atoms with Crippen LogP contribution in [-0.4, -0.2) is 14.8 Å². The van der Waals surface area contributed by atoms with Gasteiger partial charge in [-0.1, -0.05) is 217 Å². The molecule has 0 bridgehead atoms. The minimum atomic E-state index is 0.0769. The van der Waals surface area contributed by atoms with Gasteiger partial charge < -0.3 is 0 Å². The molecule has 0 radical (unpaired) electrons. The lowest BCUT2D eigenvalue weighted by atomic mass is 9.84. The van der Waals surface area contributed by atoms with E-state index in [9.17, 15) is 0 Å². The third kappa shape index (κ3) is 12.2. The molecule has 0 amide bonds. The Balaban J connectivity index is 1.02. The monoisotopic (exact) mass is 1080 g/mol. The fourth-order valence-corrected chi connectivity index (χ4v) is 11.8. The number of hydrogen-bond donors (Lipinski definition) is 0. The lowest BCUT2D eigenvalue weighted by molar-refractivity contribution is 0.590. The molecule has 0 atom stereocenters. The first kappa shape index (κ1) is 57.4. The molecule has 82 heavy (non-hydrogen) atoms. The quantitative estimate of drug-likeness (QED) is 0.129. The van der Waals surface area contributed by atoms with Crippen molar-refractivity contribution in [1.82, 2.24) is 14.8 Å². The Hall–Kier alpha value is -7.88. The molecule has 0 saturated carbocycles. The Morgan fingerprint density at radius 2 is 0.598 bits per heavy atom. The minimum absolute atomic E-state index is 0.0769. The van der Waals surface area contributed by atoms with Crippen molar-refractivity contribution < 1.29 is 0 Å². The number of aromatic nitrogens is 3. The van der Waals surface area contributed by atoms with Crippen LogP contribution in [0.15, 0.2) is 182 Å². The third-order valence-electron chi connectivity index (χ3n) is 16.6. The van der Waals surface area contributed by atoms with Crippen molar-refractivity contribution in [3.05, 3.63) is 232 Å². The maximum Gasteiger partial charge on any atom is 0.163 e.